The van der Waals surface area contributed by atoms with E-state index in [-0.39, 0.29) is 11.8 Å². The molecule has 20 heavy (non-hydrogen) atoms. The minimum Gasteiger partial charge on any atom is -0.406 e. The SMILES string of the molecule is CNC(C)CNC(=O)Nc1ccc(OC(F)(F)F)cc1. The number of carbonyl (C=O) groups is 1. The number of hydrogen-bond acceptors (Lipinski definition) is 3. The summed E-state index contributed by atoms with van der Waals surface area (Å²) in [5.41, 5.74) is 0.370. The van der Waals surface area contributed by atoms with Gasteiger partial charge in [0.25, 0.3) is 0 Å². The lowest BCUT2D eigenvalue weighted by atomic mass is 10.3. The van der Waals surface area contributed by atoms with Gasteiger partial charge in [-0.3, -0.25) is 0 Å². The minimum atomic E-state index is -4.73. The summed E-state index contributed by atoms with van der Waals surface area (Å²) in [6, 6.07) is 4.57. The number of ether oxygens (including phenoxy) is 1. The van der Waals surface area contributed by atoms with Crippen LogP contribution < -0.4 is 20.7 Å². The molecule has 1 rings (SSSR count). The van der Waals surface area contributed by atoms with Crippen molar-refractivity contribution in [1.82, 2.24) is 10.6 Å². The maximum absolute atomic E-state index is 12.0. The molecule has 0 aliphatic heterocycles. The zero-order valence-corrected chi connectivity index (χ0v) is 11.0. The number of alkyl halides is 3. The molecule has 1 aromatic rings. The lowest BCUT2D eigenvalue weighted by Crippen LogP contribution is -2.39. The van der Waals surface area contributed by atoms with Crippen LogP contribution in [0.5, 0.6) is 5.75 Å². The number of benzene rings is 1. The Morgan fingerprint density at radius 2 is 1.90 bits per heavy atom. The minimum absolute atomic E-state index is 0.114. The average Bonchev–Trinajstić information content (AvgIpc) is 2.36. The van der Waals surface area contributed by atoms with E-state index in [0.29, 0.717) is 12.2 Å². The van der Waals surface area contributed by atoms with Crippen LogP contribution in [0.3, 0.4) is 0 Å². The van der Waals surface area contributed by atoms with E-state index in [9.17, 15) is 18.0 Å². The molecule has 1 unspecified atom stereocenters. The van der Waals surface area contributed by atoms with Gasteiger partial charge in [0.05, 0.1) is 0 Å². The van der Waals surface area contributed by atoms with Crippen molar-refractivity contribution in [3.8, 4) is 5.75 Å². The number of halogens is 3. The fourth-order valence-corrected chi connectivity index (χ4v) is 1.26. The van der Waals surface area contributed by atoms with E-state index < -0.39 is 12.4 Å². The first kappa shape index (κ1) is 16.1. The Hall–Kier alpha value is -1.96. The number of amides is 2. The second kappa shape index (κ2) is 6.99. The molecular formula is C12H16F3N3O2. The highest BCUT2D eigenvalue weighted by Gasteiger charge is 2.30. The molecule has 0 bridgehead atoms. The third-order valence-electron chi connectivity index (χ3n) is 2.41. The predicted octanol–water partition coefficient (Wildman–Crippen LogP) is 2.31. The van der Waals surface area contributed by atoms with Gasteiger partial charge in [0.1, 0.15) is 5.75 Å². The summed E-state index contributed by atoms with van der Waals surface area (Å²) < 4.78 is 39.6. The van der Waals surface area contributed by atoms with Crippen molar-refractivity contribution in [2.24, 2.45) is 0 Å². The average molecular weight is 291 g/mol. The molecule has 0 radical (unpaired) electrons. The zero-order valence-electron chi connectivity index (χ0n) is 11.0. The summed E-state index contributed by atoms with van der Waals surface area (Å²) in [5.74, 6) is -0.340. The molecule has 0 saturated carbocycles. The zero-order chi connectivity index (χ0) is 15.2. The molecule has 8 heteroatoms. The van der Waals surface area contributed by atoms with Crippen LogP contribution in [0.1, 0.15) is 6.92 Å². The molecule has 0 aliphatic rings. The number of carbonyl (C=O) groups excluding carboxylic acids is 1. The number of hydrogen-bond donors (Lipinski definition) is 3. The van der Waals surface area contributed by atoms with Crippen LogP contribution in [-0.2, 0) is 0 Å². The lowest BCUT2D eigenvalue weighted by molar-refractivity contribution is -0.274. The first-order chi connectivity index (χ1) is 9.30. The number of anilines is 1. The summed E-state index contributed by atoms with van der Waals surface area (Å²) in [4.78, 5) is 11.5. The lowest BCUT2D eigenvalue weighted by Gasteiger charge is -2.13. The van der Waals surface area contributed by atoms with Crippen molar-refractivity contribution in [2.45, 2.75) is 19.3 Å². The van der Waals surface area contributed by atoms with Gasteiger partial charge in [0.15, 0.2) is 0 Å². The Kier molecular flexibility index (Phi) is 5.63. The third kappa shape index (κ3) is 6.28. The molecule has 0 aromatic heterocycles. The van der Waals surface area contributed by atoms with Gasteiger partial charge in [-0.2, -0.15) is 0 Å². The second-order valence-corrected chi connectivity index (χ2v) is 4.10. The van der Waals surface area contributed by atoms with E-state index in [1.165, 1.54) is 12.1 Å². The Labute approximate surface area is 114 Å². The van der Waals surface area contributed by atoms with Gasteiger partial charge >= 0.3 is 12.4 Å². The molecule has 0 saturated heterocycles. The van der Waals surface area contributed by atoms with Crippen molar-refractivity contribution >= 4 is 11.7 Å². The van der Waals surface area contributed by atoms with Gasteiger partial charge in [-0.1, -0.05) is 0 Å². The quantitative estimate of drug-likeness (QED) is 0.780. The van der Waals surface area contributed by atoms with Crippen molar-refractivity contribution in [1.29, 1.82) is 0 Å². The Morgan fingerprint density at radius 3 is 2.40 bits per heavy atom. The van der Waals surface area contributed by atoms with Crippen LogP contribution in [0.2, 0.25) is 0 Å². The summed E-state index contributed by atoms with van der Waals surface area (Å²) in [6.45, 7) is 2.32. The highest BCUT2D eigenvalue weighted by molar-refractivity contribution is 5.89. The summed E-state index contributed by atoms with van der Waals surface area (Å²) in [7, 11) is 1.77. The molecule has 3 N–H and O–H groups in total. The van der Waals surface area contributed by atoms with E-state index in [4.69, 9.17) is 0 Å². The molecule has 1 atom stereocenters. The predicted molar refractivity (Wildman–Crippen MR) is 68.7 cm³/mol. The van der Waals surface area contributed by atoms with E-state index in [0.717, 1.165) is 12.1 Å². The maximum atomic E-state index is 12.0. The van der Waals surface area contributed by atoms with Crippen LogP contribution in [0.4, 0.5) is 23.7 Å². The largest absolute Gasteiger partial charge is 0.573 e. The van der Waals surface area contributed by atoms with Gasteiger partial charge in [0, 0.05) is 18.3 Å². The number of nitrogens with one attached hydrogen (secondary N) is 3. The number of likely N-dealkylation sites (N-methyl/N-ethyl adjacent to an activating group) is 1. The number of urea groups is 1. The Balaban J connectivity index is 2.47. The van der Waals surface area contributed by atoms with Gasteiger partial charge in [-0.05, 0) is 38.2 Å². The van der Waals surface area contributed by atoms with Crippen LogP contribution in [-0.4, -0.2) is 32.0 Å². The maximum Gasteiger partial charge on any atom is 0.573 e. The smallest absolute Gasteiger partial charge is 0.406 e. The standard InChI is InChI=1S/C12H16F3N3O2/c1-8(16-2)7-17-11(19)18-9-3-5-10(6-4-9)20-12(13,14)15/h3-6,8,16H,7H2,1-2H3,(H2,17,18,19). The van der Waals surface area contributed by atoms with E-state index in [2.05, 4.69) is 20.7 Å². The van der Waals surface area contributed by atoms with Crippen molar-refractivity contribution in [3.63, 3.8) is 0 Å². The fraction of sp³-hybridized carbons (Fsp3) is 0.417. The van der Waals surface area contributed by atoms with E-state index in [1.807, 2.05) is 6.92 Å². The molecule has 0 fully saturated rings. The van der Waals surface area contributed by atoms with Gasteiger partial charge < -0.3 is 20.7 Å². The second-order valence-electron chi connectivity index (χ2n) is 4.10. The highest BCUT2D eigenvalue weighted by Crippen LogP contribution is 2.23. The van der Waals surface area contributed by atoms with Crippen molar-refractivity contribution in [2.75, 3.05) is 18.9 Å². The van der Waals surface area contributed by atoms with Crippen molar-refractivity contribution in [3.05, 3.63) is 24.3 Å². The van der Waals surface area contributed by atoms with Gasteiger partial charge in [-0.25, -0.2) is 4.79 Å². The van der Waals surface area contributed by atoms with E-state index >= 15 is 0 Å². The fourth-order valence-electron chi connectivity index (χ4n) is 1.26. The van der Waals surface area contributed by atoms with Crippen LogP contribution in [0, 0.1) is 0 Å². The molecule has 2 amide bonds. The monoisotopic (exact) mass is 291 g/mol. The molecule has 5 nitrogen and oxygen atoms in total. The molecule has 0 aliphatic carbocycles. The van der Waals surface area contributed by atoms with Crippen LogP contribution in [0.25, 0.3) is 0 Å². The third-order valence-corrected chi connectivity index (χ3v) is 2.41. The highest BCUT2D eigenvalue weighted by atomic mass is 19.4. The van der Waals surface area contributed by atoms with E-state index in [1.54, 1.807) is 7.05 Å². The molecule has 0 heterocycles. The molecule has 112 valence electrons. The summed E-state index contributed by atoms with van der Waals surface area (Å²) in [5, 5.41) is 8.06. The first-order valence-electron chi connectivity index (χ1n) is 5.88. The van der Waals surface area contributed by atoms with Gasteiger partial charge in [0.2, 0.25) is 0 Å². The number of rotatable bonds is 5. The Morgan fingerprint density at radius 1 is 1.30 bits per heavy atom. The molecular weight excluding hydrogens is 275 g/mol. The topological polar surface area (TPSA) is 62.4 Å². The first-order valence-corrected chi connectivity index (χ1v) is 5.88. The van der Waals surface area contributed by atoms with Crippen LogP contribution in [0.15, 0.2) is 24.3 Å². The summed E-state index contributed by atoms with van der Waals surface area (Å²) in [6.07, 6.45) is -4.73. The van der Waals surface area contributed by atoms with Crippen molar-refractivity contribution < 1.29 is 22.7 Å². The Bertz CT molecular complexity index is 435. The normalized spacial score (nSPS) is 12.7. The molecule has 1 aromatic carbocycles. The van der Waals surface area contributed by atoms with Gasteiger partial charge in [-0.15, -0.1) is 13.2 Å². The molecule has 0 spiro atoms. The van der Waals surface area contributed by atoms with Crippen LogP contribution >= 0.6 is 0 Å². The summed E-state index contributed by atoms with van der Waals surface area (Å²) >= 11 is 0.